The van der Waals surface area contributed by atoms with E-state index in [4.69, 9.17) is 9.47 Å². The minimum Gasteiger partial charge on any atom is -0.434 e. The van der Waals surface area contributed by atoms with Gasteiger partial charge in [-0.3, -0.25) is 4.79 Å². The van der Waals surface area contributed by atoms with Crippen molar-refractivity contribution in [3.05, 3.63) is 47.3 Å². The van der Waals surface area contributed by atoms with Crippen LogP contribution in [0.15, 0.2) is 46.0 Å². The monoisotopic (exact) mass is 438 g/mol. The van der Waals surface area contributed by atoms with Crippen molar-refractivity contribution in [3.63, 3.8) is 0 Å². The van der Waals surface area contributed by atoms with E-state index in [9.17, 15) is 18.0 Å². The summed E-state index contributed by atoms with van der Waals surface area (Å²) in [6.45, 7) is 2.81. The molecule has 0 radical (unpaired) electrons. The maximum absolute atomic E-state index is 12.7. The highest BCUT2D eigenvalue weighted by atomic mass is 32.2. The number of ether oxygens (including phenoxy) is 2. The number of thiophene rings is 1. The zero-order valence-corrected chi connectivity index (χ0v) is 17.5. The third-order valence-electron chi connectivity index (χ3n) is 4.43. The summed E-state index contributed by atoms with van der Waals surface area (Å²) in [7, 11) is -3.51. The Morgan fingerprint density at radius 1 is 1.17 bits per heavy atom. The Morgan fingerprint density at radius 2 is 1.86 bits per heavy atom. The van der Waals surface area contributed by atoms with Crippen LogP contribution < -0.4 is 9.46 Å². The number of carbonyl (C=O) groups excluding carboxylic acids is 2. The van der Waals surface area contributed by atoms with Gasteiger partial charge in [-0.15, -0.1) is 11.3 Å². The lowest BCUT2D eigenvalue weighted by molar-refractivity contribution is 0.0711. The van der Waals surface area contributed by atoms with E-state index in [1.54, 1.807) is 41.5 Å². The molecule has 2 aromatic rings. The molecule has 0 spiro atoms. The molecule has 3 rings (SSSR count). The number of rotatable bonds is 6. The van der Waals surface area contributed by atoms with Crippen LogP contribution in [0.2, 0.25) is 0 Å². The molecule has 1 aromatic carbocycles. The molecule has 1 N–H and O–H groups in total. The summed E-state index contributed by atoms with van der Waals surface area (Å²) < 4.78 is 37.3. The van der Waals surface area contributed by atoms with E-state index in [1.807, 2.05) is 0 Å². The Hall–Kier alpha value is -2.43. The molecule has 0 aliphatic carbocycles. The summed E-state index contributed by atoms with van der Waals surface area (Å²) in [5.41, 5.74) is 0.471. The standard InChI is InChI=1S/C19H22N2O6S2/c1-2-26-19(23)27-16-7-5-14(6-8-16)18(22)21-11-9-15(10-12-21)20-29(24,25)17-4-3-13-28-17/h3-8,13,15,20H,2,9-12H2,1H3. The number of hydrogen-bond donors (Lipinski definition) is 1. The molecule has 8 nitrogen and oxygen atoms in total. The minimum atomic E-state index is -3.51. The summed E-state index contributed by atoms with van der Waals surface area (Å²) in [5.74, 6) is 0.147. The number of nitrogens with zero attached hydrogens (tertiary/aromatic N) is 1. The quantitative estimate of drug-likeness (QED) is 0.550. The summed E-state index contributed by atoms with van der Waals surface area (Å²) in [6.07, 6.45) is 0.291. The fraction of sp³-hybridized carbons (Fsp3) is 0.368. The highest BCUT2D eigenvalue weighted by Gasteiger charge is 2.27. The fourth-order valence-corrected chi connectivity index (χ4v) is 5.30. The Kier molecular flexibility index (Phi) is 6.88. The van der Waals surface area contributed by atoms with E-state index < -0.39 is 16.2 Å². The molecule has 29 heavy (non-hydrogen) atoms. The molecule has 0 saturated carbocycles. The van der Waals surface area contributed by atoms with Crippen molar-refractivity contribution in [2.45, 2.75) is 30.0 Å². The number of sulfonamides is 1. The van der Waals surface area contributed by atoms with Crippen LogP contribution in [-0.4, -0.2) is 51.1 Å². The third kappa shape index (κ3) is 5.55. The molecule has 1 fully saturated rings. The van der Waals surface area contributed by atoms with Crippen molar-refractivity contribution in [3.8, 4) is 5.75 Å². The highest BCUT2D eigenvalue weighted by Crippen LogP contribution is 2.20. The summed E-state index contributed by atoms with van der Waals surface area (Å²) in [6, 6.07) is 9.31. The van der Waals surface area contributed by atoms with E-state index in [2.05, 4.69) is 4.72 Å². The second kappa shape index (κ2) is 9.38. The van der Waals surface area contributed by atoms with E-state index in [-0.39, 0.29) is 18.6 Å². The number of likely N-dealkylation sites (tertiary alicyclic amines) is 1. The lowest BCUT2D eigenvalue weighted by Crippen LogP contribution is -2.46. The van der Waals surface area contributed by atoms with Gasteiger partial charge in [-0.05, 0) is 55.5 Å². The molecular weight excluding hydrogens is 416 g/mol. The van der Waals surface area contributed by atoms with Gasteiger partial charge < -0.3 is 14.4 Å². The predicted molar refractivity (Wildman–Crippen MR) is 108 cm³/mol. The molecular formula is C19H22N2O6S2. The number of nitrogens with one attached hydrogen (secondary N) is 1. The van der Waals surface area contributed by atoms with Gasteiger partial charge in [0.2, 0.25) is 10.0 Å². The molecule has 156 valence electrons. The lowest BCUT2D eigenvalue weighted by atomic mass is 10.0. The van der Waals surface area contributed by atoms with E-state index in [0.717, 1.165) is 0 Å². The van der Waals surface area contributed by atoms with Gasteiger partial charge in [-0.25, -0.2) is 17.9 Å². The topological polar surface area (TPSA) is 102 Å². The van der Waals surface area contributed by atoms with E-state index >= 15 is 0 Å². The number of amides is 1. The second-order valence-corrected chi connectivity index (χ2v) is 9.32. The molecule has 1 amide bonds. The Balaban J connectivity index is 1.53. The normalized spacial score (nSPS) is 15.1. The highest BCUT2D eigenvalue weighted by molar-refractivity contribution is 7.91. The first kappa shape index (κ1) is 21.3. The van der Waals surface area contributed by atoms with Gasteiger partial charge >= 0.3 is 6.16 Å². The lowest BCUT2D eigenvalue weighted by Gasteiger charge is -2.32. The fourth-order valence-electron chi connectivity index (χ4n) is 2.99. The van der Waals surface area contributed by atoms with Crippen molar-refractivity contribution < 1.29 is 27.5 Å². The van der Waals surface area contributed by atoms with Gasteiger partial charge in [0.25, 0.3) is 5.91 Å². The van der Waals surface area contributed by atoms with Gasteiger partial charge in [0.05, 0.1) is 6.61 Å². The van der Waals surface area contributed by atoms with Crippen LogP contribution in [0.3, 0.4) is 0 Å². The Bertz CT molecular complexity index is 934. The smallest absolute Gasteiger partial charge is 0.434 e. The van der Waals surface area contributed by atoms with E-state index in [0.29, 0.717) is 41.5 Å². The predicted octanol–water partition coefficient (Wildman–Crippen LogP) is 2.87. The first-order chi connectivity index (χ1) is 13.9. The second-order valence-electron chi connectivity index (χ2n) is 6.43. The Labute approximate surface area is 173 Å². The zero-order valence-electron chi connectivity index (χ0n) is 15.9. The molecule has 1 aliphatic heterocycles. The van der Waals surface area contributed by atoms with Crippen LogP contribution >= 0.6 is 11.3 Å². The average molecular weight is 439 g/mol. The number of piperidine rings is 1. The molecule has 10 heteroatoms. The third-order valence-corrected chi connectivity index (χ3v) is 7.35. The molecule has 0 bridgehead atoms. The van der Waals surface area contributed by atoms with Gasteiger partial charge in [0, 0.05) is 24.7 Å². The van der Waals surface area contributed by atoms with Gasteiger partial charge in [-0.1, -0.05) is 6.07 Å². The maximum atomic E-state index is 12.7. The van der Waals surface area contributed by atoms with Crippen molar-refractivity contribution in [2.24, 2.45) is 0 Å². The molecule has 1 aromatic heterocycles. The molecule has 1 saturated heterocycles. The number of hydrogen-bond acceptors (Lipinski definition) is 7. The summed E-state index contributed by atoms with van der Waals surface area (Å²) >= 11 is 1.17. The van der Waals surface area contributed by atoms with Crippen LogP contribution in [0.1, 0.15) is 30.1 Å². The number of benzene rings is 1. The van der Waals surface area contributed by atoms with Crippen LogP contribution in [0.25, 0.3) is 0 Å². The van der Waals surface area contributed by atoms with Crippen molar-refractivity contribution >= 4 is 33.4 Å². The number of carbonyl (C=O) groups is 2. The summed E-state index contributed by atoms with van der Waals surface area (Å²) in [5, 5.41) is 1.72. The average Bonchev–Trinajstić information content (AvgIpc) is 3.24. The van der Waals surface area contributed by atoms with Crippen molar-refractivity contribution in [1.29, 1.82) is 0 Å². The van der Waals surface area contributed by atoms with Crippen molar-refractivity contribution in [2.75, 3.05) is 19.7 Å². The summed E-state index contributed by atoms with van der Waals surface area (Å²) in [4.78, 5) is 25.7. The molecule has 0 unspecified atom stereocenters. The van der Waals surface area contributed by atoms with Crippen molar-refractivity contribution in [1.82, 2.24) is 9.62 Å². The van der Waals surface area contributed by atoms with Gasteiger partial charge in [0.15, 0.2) is 0 Å². The van der Waals surface area contributed by atoms with Gasteiger partial charge in [-0.2, -0.15) is 0 Å². The largest absolute Gasteiger partial charge is 0.513 e. The van der Waals surface area contributed by atoms with Crippen LogP contribution in [0.5, 0.6) is 5.75 Å². The SMILES string of the molecule is CCOC(=O)Oc1ccc(C(=O)N2CCC(NS(=O)(=O)c3cccs3)CC2)cc1. The van der Waals surface area contributed by atoms with E-state index in [1.165, 1.54) is 23.5 Å². The maximum Gasteiger partial charge on any atom is 0.513 e. The first-order valence-electron chi connectivity index (χ1n) is 9.19. The molecule has 1 aliphatic rings. The zero-order chi connectivity index (χ0) is 20.9. The van der Waals surface area contributed by atoms with Gasteiger partial charge in [0.1, 0.15) is 9.96 Å². The van der Waals surface area contributed by atoms with Crippen LogP contribution in [0.4, 0.5) is 4.79 Å². The first-order valence-corrected chi connectivity index (χ1v) is 11.5. The Morgan fingerprint density at radius 3 is 2.45 bits per heavy atom. The minimum absolute atomic E-state index is 0.146. The van der Waals surface area contributed by atoms with Crippen LogP contribution in [0, 0.1) is 0 Å². The van der Waals surface area contributed by atoms with Crippen LogP contribution in [-0.2, 0) is 14.8 Å². The molecule has 2 heterocycles. The molecule has 0 atom stereocenters.